The number of carbonyl (C=O) groups excluding carboxylic acids is 1. The van der Waals surface area contributed by atoms with E-state index in [4.69, 9.17) is 5.73 Å². The van der Waals surface area contributed by atoms with Gasteiger partial charge in [-0.25, -0.2) is 4.98 Å². The van der Waals surface area contributed by atoms with Gasteiger partial charge in [-0.05, 0) is 43.0 Å². The number of rotatable bonds is 6. The lowest BCUT2D eigenvalue weighted by atomic mass is 10.0. The van der Waals surface area contributed by atoms with Gasteiger partial charge in [0.25, 0.3) is 0 Å². The highest BCUT2D eigenvalue weighted by atomic mass is 16.1. The summed E-state index contributed by atoms with van der Waals surface area (Å²) in [5.74, 6) is 1.10. The Bertz CT molecular complexity index is 672. The van der Waals surface area contributed by atoms with Crippen LogP contribution in [0.1, 0.15) is 23.6 Å². The summed E-state index contributed by atoms with van der Waals surface area (Å²) in [7, 11) is 0. The van der Waals surface area contributed by atoms with E-state index < -0.39 is 0 Å². The van der Waals surface area contributed by atoms with Gasteiger partial charge in [-0.15, -0.1) is 0 Å². The highest BCUT2D eigenvalue weighted by Gasteiger charge is 2.32. The lowest BCUT2D eigenvalue weighted by molar-refractivity contribution is -0.123. The number of pyridine rings is 1. The maximum atomic E-state index is 12.0. The van der Waals surface area contributed by atoms with Gasteiger partial charge < -0.3 is 11.1 Å². The van der Waals surface area contributed by atoms with Crippen LogP contribution in [0.2, 0.25) is 0 Å². The molecule has 1 saturated heterocycles. The number of anilines is 1. The molecular formula is C19H24N4O. The minimum atomic E-state index is -0.339. The molecule has 2 atom stereocenters. The van der Waals surface area contributed by atoms with Gasteiger partial charge in [-0.2, -0.15) is 0 Å². The van der Waals surface area contributed by atoms with Crippen LogP contribution < -0.4 is 11.1 Å². The van der Waals surface area contributed by atoms with Crippen molar-refractivity contribution < 1.29 is 4.79 Å². The number of amides is 1. The number of aryl methyl sites for hydroxylation is 1. The number of carbonyl (C=O) groups is 1. The monoisotopic (exact) mass is 324 g/mol. The predicted octanol–water partition coefficient (Wildman–Crippen LogP) is 2.35. The summed E-state index contributed by atoms with van der Waals surface area (Å²) in [6.07, 6.45) is 2.91. The average Bonchev–Trinajstić information content (AvgIpc) is 3.03. The maximum absolute atomic E-state index is 12.0. The van der Waals surface area contributed by atoms with Crippen molar-refractivity contribution in [3.05, 3.63) is 59.8 Å². The van der Waals surface area contributed by atoms with Crippen molar-refractivity contribution in [2.45, 2.75) is 19.4 Å². The topological polar surface area (TPSA) is 71.2 Å². The van der Waals surface area contributed by atoms with E-state index in [0.29, 0.717) is 5.92 Å². The lowest BCUT2D eigenvalue weighted by Gasteiger charge is -2.25. The molecule has 1 aliphatic rings. The van der Waals surface area contributed by atoms with Crippen LogP contribution in [0.5, 0.6) is 0 Å². The molecule has 2 heterocycles. The minimum absolute atomic E-state index is 0.282. The highest BCUT2D eigenvalue weighted by Crippen LogP contribution is 2.27. The first-order valence-corrected chi connectivity index (χ1v) is 8.38. The third-order valence-corrected chi connectivity index (χ3v) is 4.55. The second kappa shape index (κ2) is 7.45. The molecule has 0 unspecified atom stereocenters. The normalized spacial score (nSPS) is 19.1. The van der Waals surface area contributed by atoms with Gasteiger partial charge in [0, 0.05) is 19.3 Å². The fraction of sp³-hybridized carbons (Fsp3) is 0.368. The molecule has 1 aliphatic heterocycles. The van der Waals surface area contributed by atoms with Gasteiger partial charge >= 0.3 is 0 Å². The van der Waals surface area contributed by atoms with E-state index in [1.54, 1.807) is 0 Å². The molecule has 5 heteroatoms. The Labute approximate surface area is 142 Å². The Hall–Kier alpha value is -2.40. The zero-order valence-electron chi connectivity index (χ0n) is 14.0. The first-order valence-electron chi connectivity index (χ1n) is 8.38. The fourth-order valence-corrected chi connectivity index (χ4v) is 3.28. The fourth-order valence-electron chi connectivity index (χ4n) is 3.28. The van der Waals surface area contributed by atoms with Crippen molar-refractivity contribution in [1.82, 2.24) is 9.88 Å². The van der Waals surface area contributed by atoms with Gasteiger partial charge in [0.05, 0.1) is 0 Å². The third-order valence-electron chi connectivity index (χ3n) is 4.55. The molecule has 1 aromatic heterocycles. The number of hydrogen-bond donors (Lipinski definition) is 2. The number of nitrogens with zero attached hydrogens (tertiary/aromatic N) is 2. The smallest absolute Gasteiger partial charge is 0.239 e. The SMILES string of the molecule is Cc1ccc(NC[C@@H]2CCN([C@H](C(N)=O)c3ccccc3)C2)nc1. The van der Waals surface area contributed by atoms with Crippen molar-refractivity contribution >= 4 is 11.7 Å². The molecule has 1 fully saturated rings. The zero-order valence-corrected chi connectivity index (χ0v) is 14.0. The molecule has 126 valence electrons. The van der Waals surface area contributed by atoms with Crippen LogP contribution in [-0.2, 0) is 4.79 Å². The number of nitrogens with one attached hydrogen (secondary N) is 1. The molecule has 24 heavy (non-hydrogen) atoms. The van der Waals surface area contributed by atoms with Crippen LogP contribution in [-0.4, -0.2) is 35.4 Å². The summed E-state index contributed by atoms with van der Waals surface area (Å²) in [6, 6.07) is 13.5. The number of primary amides is 1. The quantitative estimate of drug-likeness (QED) is 0.855. The molecule has 2 aromatic rings. The number of nitrogens with two attached hydrogens (primary N) is 1. The van der Waals surface area contributed by atoms with Crippen molar-refractivity contribution in [3.63, 3.8) is 0 Å². The number of aromatic nitrogens is 1. The largest absolute Gasteiger partial charge is 0.370 e. The Balaban J connectivity index is 1.59. The van der Waals surface area contributed by atoms with E-state index in [-0.39, 0.29) is 11.9 Å². The van der Waals surface area contributed by atoms with E-state index >= 15 is 0 Å². The summed E-state index contributed by atoms with van der Waals surface area (Å²) in [6.45, 7) is 4.63. The Morgan fingerprint density at radius 2 is 2.12 bits per heavy atom. The summed E-state index contributed by atoms with van der Waals surface area (Å²) in [5.41, 5.74) is 7.79. The summed E-state index contributed by atoms with van der Waals surface area (Å²) < 4.78 is 0. The molecule has 0 bridgehead atoms. The summed E-state index contributed by atoms with van der Waals surface area (Å²) in [5, 5.41) is 3.39. The molecule has 5 nitrogen and oxygen atoms in total. The van der Waals surface area contributed by atoms with Gasteiger partial charge in [-0.1, -0.05) is 36.4 Å². The molecule has 0 radical (unpaired) electrons. The Kier molecular flexibility index (Phi) is 5.11. The number of hydrogen-bond acceptors (Lipinski definition) is 4. The first kappa shape index (κ1) is 16.5. The van der Waals surface area contributed by atoms with Crippen LogP contribution in [0, 0.1) is 12.8 Å². The van der Waals surface area contributed by atoms with Gasteiger partial charge in [0.15, 0.2) is 0 Å². The van der Waals surface area contributed by atoms with Gasteiger partial charge in [0.2, 0.25) is 5.91 Å². The highest BCUT2D eigenvalue weighted by molar-refractivity contribution is 5.81. The van der Waals surface area contributed by atoms with Crippen molar-refractivity contribution in [3.8, 4) is 0 Å². The second-order valence-corrected chi connectivity index (χ2v) is 6.47. The van der Waals surface area contributed by atoms with Crippen LogP contribution >= 0.6 is 0 Å². The van der Waals surface area contributed by atoms with Crippen molar-refractivity contribution in [2.24, 2.45) is 11.7 Å². The third kappa shape index (κ3) is 3.92. The van der Waals surface area contributed by atoms with Crippen LogP contribution in [0.15, 0.2) is 48.7 Å². The molecular weight excluding hydrogens is 300 g/mol. The van der Waals surface area contributed by atoms with E-state index in [9.17, 15) is 4.79 Å². The van der Waals surface area contributed by atoms with E-state index in [2.05, 4.69) is 21.3 Å². The van der Waals surface area contributed by atoms with Crippen LogP contribution in [0.25, 0.3) is 0 Å². The zero-order chi connectivity index (χ0) is 16.9. The minimum Gasteiger partial charge on any atom is -0.370 e. The average molecular weight is 324 g/mol. The van der Waals surface area contributed by atoms with E-state index in [1.807, 2.05) is 49.5 Å². The van der Waals surface area contributed by atoms with Gasteiger partial charge in [0.1, 0.15) is 11.9 Å². The Morgan fingerprint density at radius 1 is 1.33 bits per heavy atom. The van der Waals surface area contributed by atoms with Crippen LogP contribution in [0.3, 0.4) is 0 Å². The molecule has 0 spiro atoms. The molecule has 3 rings (SSSR count). The first-order chi connectivity index (χ1) is 11.6. The van der Waals surface area contributed by atoms with E-state index in [1.165, 1.54) is 0 Å². The summed E-state index contributed by atoms with van der Waals surface area (Å²) >= 11 is 0. The van der Waals surface area contributed by atoms with Crippen molar-refractivity contribution in [1.29, 1.82) is 0 Å². The number of benzene rings is 1. The van der Waals surface area contributed by atoms with Gasteiger partial charge in [-0.3, -0.25) is 9.69 Å². The molecule has 0 saturated carbocycles. The molecule has 1 amide bonds. The second-order valence-electron chi connectivity index (χ2n) is 6.47. The molecule has 1 aromatic carbocycles. The predicted molar refractivity (Wildman–Crippen MR) is 95.5 cm³/mol. The molecule has 0 aliphatic carbocycles. The molecule has 3 N–H and O–H groups in total. The maximum Gasteiger partial charge on any atom is 0.239 e. The summed E-state index contributed by atoms with van der Waals surface area (Å²) in [4.78, 5) is 18.5. The van der Waals surface area contributed by atoms with Crippen LogP contribution in [0.4, 0.5) is 5.82 Å². The lowest BCUT2D eigenvalue weighted by Crippen LogP contribution is -2.36. The van der Waals surface area contributed by atoms with Crippen molar-refractivity contribution in [2.75, 3.05) is 25.0 Å². The standard InChI is InChI=1S/C19H24N4O/c1-14-7-8-17(21-11-14)22-12-15-9-10-23(13-15)18(19(20)24)16-5-3-2-4-6-16/h2-8,11,15,18H,9-10,12-13H2,1H3,(H2,20,24)(H,21,22)/t15-,18-/m0/s1. The Morgan fingerprint density at radius 3 is 2.79 bits per heavy atom. The van der Waals surface area contributed by atoms with E-state index in [0.717, 1.165) is 43.0 Å². The number of likely N-dealkylation sites (tertiary alicyclic amines) is 1.